The van der Waals surface area contributed by atoms with Crippen molar-refractivity contribution in [1.29, 1.82) is 0 Å². The van der Waals surface area contributed by atoms with Crippen molar-refractivity contribution in [1.82, 2.24) is 0 Å². The second-order valence-corrected chi connectivity index (χ2v) is 4.54. The fourth-order valence-electron chi connectivity index (χ4n) is 1.84. The maximum Gasteiger partial charge on any atom is 0.146 e. The van der Waals surface area contributed by atoms with E-state index < -0.39 is 11.6 Å². The van der Waals surface area contributed by atoms with E-state index in [2.05, 4.69) is 5.32 Å². The molecule has 1 atom stereocenters. The lowest BCUT2D eigenvalue weighted by Gasteiger charge is -2.17. The van der Waals surface area contributed by atoms with E-state index >= 15 is 0 Å². The molecule has 0 amide bonds. The number of halogens is 2. The molecule has 0 aromatic heterocycles. The highest BCUT2D eigenvalue weighted by molar-refractivity contribution is 5.49. The second kappa shape index (κ2) is 5.26. The van der Waals surface area contributed by atoms with Gasteiger partial charge in [0.2, 0.25) is 0 Å². The third-order valence-electron chi connectivity index (χ3n) is 3.01. The van der Waals surface area contributed by atoms with Crippen molar-refractivity contribution < 1.29 is 13.9 Å². The Balaban J connectivity index is 2.21. The molecule has 2 aromatic carbocycles. The first-order valence-electron chi connectivity index (χ1n) is 5.98. The maximum absolute atomic E-state index is 13.7. The van der Waals surface area contributed by atoms with Crippen LogP contribution in [0.25, 0.3) is 0 Å². The Bertz CT molecular complexity index is 581. The number of nitrogens with one attached hydrogen (secondary N) is 1. The molecule has 19 heavy (non-hydrogen) atoms. The van der Waals surface area contributed by atoms with Gasteiger partial charge >= 0.3 is 0 Å². The molecule has 0 aliphatic carbocycles. The highest BCUT2D eigenvalue weighted by Gasteiger charge is 2.11. The van der Waals surface area contributed by atoms with E-state index in [0.717, 1.165) is 11.6 Å². The van der Waals surface area contributed by atoms with Gasteiger partial charge in [-0.2, -0.15) is 0 Å². The standard InChI is InChI=1S/C15H15F2NO/c1-9-7-14(17)15(8-13(9)16)18-10(2)11-3-5-12(19)6-4-11/h3-8,10,18-19H,1-2H3. The molecule has 0 bridgehead atoms. The van der Waals surface area contributed by atoms with Crippen LogP contribution < -0.4 is 5.32 Å². The van der Waals surface area contributed by atoms with E-state index in [0.29, 0.717) is 0 Å². The number of aromatic hydroxyl groups is 1. The van der Waals surface area contributed by atoms with E-state index in [4.69, 9.17) is 0 Å². The van der Waals surface area contributed by atoms with Gasteiger partial charge in [0, 0.05) is 12.1 Å². The number of aryl methyl sites for hydroxylation is 1. The van der Waals surface area contributed by atoms with Crippen molar-refractivity contribution in [2.75, 3.05) is 5.32 Å². The first-order chi connectivity index (χ1) is 8.97. The molecule has 0 aliphatic rings. The van der Waals surface area contributed by atoms with Crippen LogP contribution in [0.1, 0.15) is 24.1 Å². The van der Waals surface area contributed by atoms with Crippen LogP contribution in [0, 0.1) is 18.6 Å². The predicted molar refractivity (Wildman–Crippen MR) is 71.2 cm³/mol. The summed E-state index contributed by atoms with van der Waals surface area (Å²) in [6.45, 7) is 3.36. The number of rotatable bonds is 3. The van der Waals surface area contributed by atoms with Gasteiger partial charge in [-0.15, -0.1) is 0 Å². The van der Waals surface area contributed by atoms with Crippen molar-refractivity contribution in [2.24, 2.45) is 0 Å². The van der Waals surface area contributed by atoms with Gasteiger partial charge in [0.25, 0.3) is 0 Å². The average molecular weight is 263 g/mol. The van der Waals surface area contributed by atoms with Crippen LogP contribution in [-0.4, -0.2) is 5.11 Å². The third kappa shape index (κ3) is 3.02. The normalized spacial score (nSPS) is 12.2. The van der Waals surface area contributed by atoms with Crippen LogP contribution in [0.3, 0.4) is 0 Å². The van der Waals surface area contributed by atoms with Gasteiger partial charge in [0.15, 0.2) is 0 Å². The second-order valence-electron chi connectivity index (χ2n) is 4.54. The Labute approximate surface area is 110 Å². The summed E-state index contributed by atoms with van der Waals surface area (Å²) in [5.41, 5.74) is 1.28. The van der Waals surface area contributed by atoms with Crippen molar-refractivity contribution in [2.45, 2.75) is 19.9 Å². The Kier molecular flexibility index (Phi) is 3.69. The molecule has 4 heteroatoms. The predicted octanol–water partition coefficient (Wildman–Crippen LogP) is 4.15. The fourth-order valence-corrected chi connectivity index (χ4v) is 1.84. The molecule has 0 fully saturated rings. The van der Waals surface area contributed by atoms with Crippen LogP contribution in [-0.2, 0) is 0 Å². The minimum atomic E-state index is -0.482. The van der Waals surface area contributed by atoms with Crippen molar-refractivity contribution in [3.8, 4) is 5.75 Å². The molecule has 1 unspecified atom stereocenters. The zero-order valence-corrected chi connectivity index (χ0v) is 10.7. The van der Waals surface area contributed by atoms with Crippen molar-refractivity contribution in [3.63, 3.8) is 0 Å². The summed E-state index contributed by atoms with van der Waals surface area (Å²) in [4.78, 5) is 0. The molecule has 0 spiro atoms. The lowest BCUT2D eigenvalue weighted by molar-refractivity contribution is 0.475. The minimum absolute atomic E-state index is 0.128. The zero-order valence-electron chi connectivity index (χ0n) is 10.7. The monoisotopic (exact) mass is 263 g/mol. The van der Waals surface area contributed by atoms with Crippen molar-refractivity contribution in [3.05, 3.63) is 59.2 Å². The number of anilines is 1. The third-order valence-corrected chi connectivity index (χ3v) is 3.01. The maximum atomic E-state index is 13.7. The summed E-state index contributed by atoms with van der Waals surface area (Å²) < 4.78 is 27.1. The summed E-state index contributed by atoms with van der Waals surface area (Å²) in [6.07, 6.45) is 0. The van der Waals surface area contributed by atoms with Gasteiger partial charge < -0.3 is 10.4 Å². The van der Waals surface area contributed by atoms with Gasteiger partial charge in [0.05, 0.1) is 5.69 Å². The highest BCUT2D eigenvalue weighted by Crippen LogP contribution is 2.25. The Morgan fingerprint density at radius 1 is 1.05 bits per heavy atom. The van der Waals surface area contributed by atoms with Crippen LogP contribution in [0.5, 0.6) is 5.75 Å². The number of phenols is 1. The molecule has 2 rings (SSSR count). The average Bonchev–Trinajstić information content (AvgIpc) is 2.36. The number of hydrogen-bond acceptors (Lipinski definition) is 2. The zero-order chi connectivity index (χ0) is 14.0. The van der Waals surface area contributed by atoms with Crippen LogP contribution in [0.4, 0.5) is 14.5 Å². The van der Waals surface area contributed by atoms with E-state index in [1.807, 2.05) is 6.92 Å². The summed E-state index contributed by atoms with van der Waals surface area (Å²) in [5.74, 6) is -0.755. The molecule has 2 aromatic rings. The van der Waals surface area contributed by atoms with Crippen LogP contribution >= 0.6 is 0 Å². The van der Waals surface area contributed by atoms with E-state index in [1.165, 1.54) is 13.0 Å². The van der Waals surface area contributed by atoms with E-state index in [9.17, 15) is 13.9 Å². The molecular weight excluding hydrogens is 248 g/mol. The number of hydrogen-bond donors (Lipinski definition) is 2. The summed E-state index contributed by atoms with van der Waals surface area (Å²) in [5, 5.41) is 12.1. The van der Waals surface area contributed by atoms with E-state index in [-0.39, 0.29) is 23.0 Å². The highest BCUT2D eigenvalue weighted by atomic mass is 19.1. The van der Waals surface area contributed by atoms with Gasteiger partial charge in [-0.1, -0.05) is 12.1 Å². The summed E-state index contributed by atoms with van der Waals surface area (Å²) >= 11 is 0. The Morgan fingerprint density at radius 3 is 2.32 bits per heavy atom. The Morgan fingerprint density at radius 2 is 1.68 bits per heavy atom. The minimum Gasteiger partial charge on any atom is -0.508 e. The van der Waals surface area contributed by atoms with E-state index in [1.54, 1.807) is 24.3 Å². The number of phenolic OH excluding ortho intramolecular Hbond substituents is 1. The topological polar surface area (TPSA) is 32.3 Å². The van der Waals surface area contributed by atoms with Gasteiger partial charge in [-0.3, -0.25) is 0 Å². The molecule has 2 nitrogen and oxygen atoms in total. The smallest absolute Gasteiger partial charge is 0.146 e. The first kappa shape index (κ1) is 13.3. The molecule has 0 aliphatic heterocycles. The molecule has 0 heterocycles. The Hall–Kier alpha value is -2.10. The van der Waals surface area contributed by atoms with Gasteiger partial charge in [-0.25, -0.2) is 8.78 Å². The van der Waals surface area contributed by atoms with Gasteiger partial charge in [-0.05, 0) is 43.2 Å². The summed E-state index contributed by atoms with van der Waals surface area (Å²) in [7, 11) is 0. The molecule has 2 N–H and O–H groups in total. The lowest BCUT2D eigenvalue weighted by Crippen LogP contribution is -2.08. The molecule has 0 radical (unpaired) electrons. The SMILES string of the molecule is Cc1cc(F)c(NC(C)c2ccc(O)cc2)cc1F. The largest absolute Gasteiger partial charge is 0.508 e. The van der Waals surface area contributed by atoms with Gasteiger partial charge in [0.1, 0.15) is 17.4 Å². The molecular formula is C15H15F2NO. The quantitative estimate of drug-likeness (QED) is 0.871. The summed E-state index contributed by atoms with van der Waals surface area (Å²) in [6, 6.07) is 8.70. The fraction of sp³-hybridized carbons (Fsp3) is 0.200. The molecule has 0 saturated heterocycles. The molecule has 100 valence electrons. The van der Waals surface area contributed by atoms with Crippen molar-refractivity contribution >= 4 is 5.69 Å². The lowest BCUT2D eigenvalue weighted by atomic mass is 10.1. The number of benzene rings is 2. The van der Waals surface area contributed by atoms with Crippen LogP contribution in [0.2, 0.25) is 0 Å². The first-order valence-corrected chi connectivity index (χ1v) is 5.98. The molecule has 0 saturated carbocycles. The van der Waals surface area contributed by atoms with Crippen LogP contribution in [0.15, 0.2) is 36.4 Å².